The lowest BCUT2D eigenvalue weighted by atomic mass is 10.00. The Bertz CT molecular complexity index is 621. The molecule has 0 unspecified atom stereocenters. The number of carbonyl (C=O) groups is 1. The lowest BCUT2D eigenvalue weighted by molar-refractivity contribution is 0.0951. The quantitative estimate of drug-likeness (QED) is 0.650. The van der Waals surface area contributed by atoms with E-state index in [9.17, 15) is 13.2 Å². The standard InChI is InChI=1S/C13H24N6O3S/c1-18(2)23(21,22)7-6-15-13(20)12-10-19(17-16-12)9-11-4-3-5-14-8-11/h10-11,14H,3-9H2,1-2H3,(H,15,20)/t11-/m0/s1. The van der Waals surface area contributed by atoms with Gasteiger partial charge in [-0.1, -0.05) is 5.21 Å². The molecule has 1 saturated heterocycles. The lowest BCUT2D eigenvalue weighted by Gasteiger charge is -2.22. The zero-order valence-corrected chi connectivity index (χ0v) is 14.3. The maximum absolute atomic E-state index is 12.0. The largest absolute Gasteiger partial charge is 0.350 e. The Hall–Kier alpha value is -1.52. The molecule has 0 bridgehead atoms. The van der Waals surface area contributed by atoms with Crippen molar-refractivity contribution in [3.63, 3.8) is 0 Å². The van der Waals surface area contributed by atoms with E-state index < -0.39 is 15.9 Å². The molecule has 2 N–H and O–H groups in total. The van der Waals surface area contributed by atoms with Crippen molar-refractivity contribution >= 4 is 15.9 Å². The van der Waals surface area contributed by atoms with Gasteiger partial charge < -0.3 is 10.6 Å². The lowest BCUT2D eigenvalue weighted by Crippen LogP contribution is -2.34. The van der Waals surface area contributed by atoms with Crippen molar-refractivity contribution in [3.05, 3.63) is 11.9 Å². The predicted octanol–water partition coefficient (Wildman–Crippen LogP) is -1.10. The van der Waals surface area contributed by atoms with Gasteiger partial charge in [0.1, 0.15) is 0 Å². The van der Waals surface area contributed by atoms with E-state index in [0.717, 1.165) is 36.8 Å². The van der Waals surface area contributed by atoms with Crippen LogP contribution in [0.25, 0.3) is 0 Å². The monoisotopic (exact) mass is 344 g/mol. The van der Waals surface area contributed by atoms with Crippen molar-refractivity contribution < 1.29 is 13.2 Å². The van der Waals surface area contributed by atoms with Gasteiger partial charge in [-0.05, 0) is 31.8 Å². The number of rotatable bonds is 7. The van der Waals surface area contributed by atoms with Gasteiger partial charge in [-0.15, -0.1) is 5.10 Å². The Labute approximate surface area is 136 Å². The van der Waals surface area contributed by atoms with Gasteiger partial charge in [0.25, 0.3) is 5.91 Å². The Morgan fingerprint density at radius 3 is 2.96 bits per heavy atom. The van der Waals surface area contributed by atoms with E-state index in [1.807, 2.05) is 0 Å². The molecular formula is C13H24N6O3S. The highest BCUT2D eigenvalue weighted by molar-refractivity contribution is 7.89. The first-order valence-electron chi connectivity index (χ1n) is 7.68. The van der Waals surface area contributed by atoms with Crippen LogP contribution in [-0.2, 0) is 16.6 Å². The highest BCUT2D eigenvalue weighted by Crippen LogP contribution is 2.11. The second kappa shape index (κ2) is 7.84. The fraction of sp³-hybridized carbons (Fsp3) is 0.769. The Morgan fingerprint density at radius 1 is 1.52 bits per heavy atom. The van der Waals surface area contributed by atoms with E-state index >= 15 is 0 Å². The molecule has 0 spiro atoms. The van der Waals surface area contributed by atoms with Crippen LogP contribution in [0.5, 0.6) is 0 Å². The summed E-state index contributed by atoms with van der Waals surface area (Å²) < 4.78 is 26.0. The van der Waals surface area contributed by atoms with Gasteiger partial charge in [0.2, 0.25) is 10.0 Å². The minimum atomic E-state index is -3.32. The van der Waals surface area contributed by atoms with E-state index in [-0.39, 0.29) is 18.0 Å². The number of piperidine rings is 1. The van der Waals surface area contributed by atoms with Gasteiger partial charge >= 0.3 is 0 Å². The van der Waals surface area contributed by atoms with Crippen molar-refractivity contribution in [2.45, 2.75) is 19.4 Å². The third-order valence-corrected chi connectivity index (χ3v) is 5.65. The molecule has 10 heteroatoms. The summed E-state index contributed by atoms with van der Waals surface area (Å²) in [4.78, 5) is 12.0. The minimum Gasteiger partial charge on any atom is -0.350 e. The molecule has 0 aromatic carbocycles. The zero-order valence-electron chi connectivity index (χ0n) is 13.5. The molecule has 2 heterocycles. The molecule has 9 nitrogen and oxygen atoms in total. The number of hydrogen-bond acceptors (Lipinski definition) is 6. The normalized spacial score (nSPS) is 19.0. The Kier molecular flexibility index (Phi) is 6.08. The summed E-state index contributed by atoms with van der Waals surface area (Å²) in [6, 6.07) is 0. The van der Waals surface area contributed by atoms with Gasteiger partial charge in [0.15, 0.2) is 5.69 Å². The van der Waals surface area contributed by atoms with Crippen LogP contribution in [0.15, 0.2) is 6.20 Å². The number of aromatic nitrogens is 3. The Balaban J connectivity index is 1.81. The van der Waals surface area contributed by atoms with E-state index in [0.29, 0.717) is 5.92 Å². The smallest absolute Gasteiger partial charge is 0.273 e. The van der Waals surface area contributed by atoms with Gasteiger partial charge in [0, 0.05) is 27.2 Å². The maximum atomic E-state index is 12.0. The van der Waals surface area contributed by atoms with E-state index in [1.165, 1.54) is 14.1 Å². The second-order valence-electron chi connectivity index (χ2n) is 5.89. The van der Waals surface area contributed by atoms with Crippen molar-refractivity contribution in [2.24, 2.45) is 5.92 Å². The molecule has 1 fully saturated rings. The third kappa shape index (κ3) is 5.26. The van der Waals surface area contributed by atoms with Crippen molar-refractivity contribution in [2.75, 3.05) is 39.5 Å². The third-order valence-electron chi connectivity index (χ3n) is 3.82. The highest BCUT2D eigenvalue weighted by Gasteiger charge is 2.17. The summed E-state index contributed by atoms with van der Waals surface area (Å²) in [5, 5.41) is 13.7. The number of sulfonamides is 1. The first-order chi connectivity index (χ1) is 10.9. The number of amides is 1. The Morgan fingerprint density at radius 2 is 2.30 bits per heavy atom. The average Bonchev–Trinajstić information content (AvgIpc) is 2.96. The summed E-state index contributed by atoms with van der Waals surface area (Å²) in [5.74, 6) is -0.0632. The molecule has 23 heavy (non-hydrogen) atoms. The maximum Gasteiger partial charge on any atom is 0.273 e. The topological polar surface area (TPSA) is 109 Å². The van der Waals surface area contributed by atoms with Crippen LogP contribution in [0.4, 0.5) is 0 Å². The molecule has 0 saturated carbocycles. The first-order valence-corrected chi connectivity index (χ1v) is 9.28. The zero-order chi connectivity index (χ0) is 16.9. The summed E-state index contributed by atoms with van der Waals surface area (Å²) in [7, 11) is -0.397. The molecule has 0 aliphatic carbocycles. The number of carbonyl (C=O) groups excluding carboxylic acids is 1. The molecule has 1 aromatic rings. The highest BCUT2D eigenvalue weighted by atomic mass is 32.2. The fourth-order valence-corrected chi connectivity index (χ4v) is 3.13. The van der Waals surface area contributed by atoms with Gasteiger partial charge in [0.05, 0.1) is 11.9 Å². The summed E-state index contributed by atoms with van der Waals surface area (Å²) in [6.07, 6.45) is 3.88. The van der Waals surface area contributed by atoms with Crippen LogP contribution in [0.1, 0.15) is 23.3 Å². The summed E-state index contributed by atoms with van der Waals surface area (Å²) >= 11 is 0. The average molecular weight is 344 g/mol. The van der Waals surface area contributed by atoms with Crippen molar-refractivity contribution in [1.29, 1.82) is 0 Å². The first kappa shape index (κ1) is 17.8. The summed E-state index contributed by atoms with van der Waals surface area (Å²) in [6.45, 7) is 2.77. The van der Waals surface area contributed by atoms with Gasteiger partial charge in [-0.25, -0.2) is 12.7 Å². The molecule has 1 atom stereocenters. The van der Waals surface area contributed by atoms with Gasteiger partial charge in [-0.2, -0.15) is 0 Å². The molecule has 1 aliphatic heterocycles. The molecule has 2 rings (SSSR count). The molecule has 1 aliphatic rings. The molecule has 130 valence electrons. The summed E-state index contributed by atoms with van der Waals surface area (Å²) in [5.41, 5.74) is 0.205. The second-order valence-corrected chi connectivity index (χ2v) is 8.19. The molecular weight excluding hydrogens is 320 g/mol. The molecule has 0 radical (unpaired) electrons. The number of hydrogen-bond donors (Lipinski definition) is 2. The minimum absolute atomic E-state index is 0.0404. The predicted molar refractivity (Wildman–Crippen MR) is 85.4 cm³/mol. The van der Waals surface area contributed by atoms with Crippen LogP contribution >= 0.6 is 0 Å². The number of nitrogens with zero attached hydrogens (tertiary/aromatic N) is 4. The van der Waals surface area contributed by atoms with Crippen LogP contribution in [0.2, 0.25) is 0 Å². The van der Waals surface area contributed by atoms with Crippen LogP contribution in [0, 0.1) is 5.92 Å². The van der Waals surface area contributed by atoms with E-state index in [4.69, 9.17) is 0 Å². The molecule has 1 aromatic heterocycles. The fourth-order valence-electron chi connectivity index (χ4n) is 2.40. The van der Waals surface area contributed by atoms with Gasteiger partial charge in [-0.3, -0.25) is 9.48 Å². The van der Waals surface area contributed by atoms with Crippen LogP contribution in [0.3, 0.4) is 0 Å². The molecule has 1 amide bonds. The van der Waals surface area contributed by atoms with Crippen LogP contribution in [-0.4, -0.2) is 73.1 Å². The van der Waals surface area contributed by atoms with E-state index in [1.54, 1.807) is 10.9 Å². The van der Waals surface area contributed by atoms with Crippen molar-refractivity contribution in [3.8, 4) is 0 Å². The van der Waals surface area contributed by atoms with E-state index in [2.05, 4.69) is 20.9 Å². The SMILES string of the molecule is CN(C)S(=O)(=O)CCNC(=O)c1cn(C[C@H]2CCCNC2)nn1. The van der Waals surface area contributed by atoms with Crippen molar-refractivity contribution in [1.82, 2.24) is 29.9 Å². The van der Waals surface area contributed by atoms with Crippen LogP contribution < -0.4 is 10.6 Å². The number of nitrogens with one attached hydrogen (secondary N) is 2.